The molecule has 0 aromatic carbocycles. The summed E-state index contributed by atoms with van der Waals surface area (Å²) in [7, 11) is 0. The predicted molar refractivity (Wildman–Crippen MR) is 68.4 cm³/mol. The number of carbonyl (C=O) groups is 2. The molecule has 0 spiro atoms. The van der Waals surface area contributed by atoms with Gasteiger partial charge in [0.1, 0.15) is 0 Å². The summed E-state index contributed by atoms with van der Waals surface area (Å²) in [5.41, 5.74) is 0. The molecule has 0 bridgehead atoms. The Hall–Kier alpha value is -1.14. The SMILES string of the molecule is CC(C)N1CC(C(=O)N2CCOCC2CO)CC1=O. The van der Waals surface area contributed by atoms with Gasteiger partial charge in [-0.1, -0.05) is 0 Å². The lowest BCUT2D eigenvalue weighted by Crippen LogP contribution is -2.52. The Morgan fingerprint density at radius 2 is 2.26 bits per heavy atom. The minimum absolute atomic E-state index is 0.0288. The molecule has 2 aliphatic rings. The molecule has 19 heavy (non-hydrogen) atoms. The number of rotatable bonds is 3. The van der Waals surface area contributed by atoms with E-state index in [-0.39, 0.29) is 42.8 Å². The zero-order valence-corrected chi connectivity index (χ0v) is 11.5. The summed E-state index contributed by atoms with van der Waals surface area (Å²) in [4.78, 5) is 27.7. The lowest BCUT2D eigenvalue weighted by Gasteiger charge is -2.36. The predicted octanol–water partition coefficient (Wildman–Crippen LogP) is -0.537. The van der Waals surface area contributed by atoms with E-state index in [0.29, 0.717) is 26.3 Å². The second-order valence-corrected chi connectivity index (χ2v) is 5.48. The van der Waals surface area contributed by atoms with Crippen LogP contribution in [0.1, 0.15) is 20.3 Å². The highest BCUT2D eigenvalue weighted by Crippen LogP contribution is 2.23. The third-order valence-electron chi connectivity index (χ3n) is 3.85. The normalized spacial score (nSPS) is 28.3. The van der Waals surface area contributed by atoms with E-state index in [1.807, 2.05) is 13.8 Å². The zero-order chi connectivity index (χ0) is 14.0. The van der Waals surface area contributed by atoms with Crippen molar-refractivity contribution in [3.8, 4) is 0 Å². The molecule has 2 amide bonds. The summed E-state index contributed by atoms with van der Waals surface area (Å²) >= 11 is 0. The molecule has 2 atom stereocenters. The molecule has 6 nitrogen and oxygen atoms in total. The van der Waals surface area contributed by atoms with Crippen LogP contribution in [0.3, 0.4) is 0 Å². The van der Waals surface area contributed by atoms with Crippen molar-refractivity contribution in [3.05, 3.63) is 0 Å². The molecule has 0 aliphatic carbocycles. The van der Waals surface area contributed by atoms with Gasteiger partial charge in [0, 0.05) is 25.6 Å². The van der Waals surface area contributed by atoms with Gasteiger partial charge in [-0.05, 0) is 13.8 Å². The Morgan fingerprint density at radius 1 is 1.53 bits per heavy atom. The van der Waals surface area contributed by atoms with Crippen LogP contribution in [0.25, 0.3) is 0 Å². The number of ether oxygens (including phenoxy) is 1. The van der Waals surface area contributed by atoms with Gasteiger partial charge in [0.05, 0.1) is 31.8 Å². The van der Waals surface area contributed by atoms with Crippen LogP contribution >= 0.6 is 0 Å². The second-order valence-electron chi connectivity index (χ2n) is 5.48. The van der Waals surface area contributed by atoms with E-state index in [9.17, 15) is 14.7 Å². The van der Waals surface area contributed by atoms with Crippen molar-refractivity contribution in [1.82, 2.24) is 9.80 Å². The summed E-state index contributed by atoms with van der Waals surface area (Å²) in [6.45, 7) is 5.67. The van der Waals surface area contributed by atoms with E-state index in [2.05, 4.69) is 0 Å². The molecule has 0 aromatic heterocycles. The Balaban J connectivity index is 2.02. The number of nitrogens with zero attached hydrogens (tertiary/aromatic N) is 2. The molecule has 6 heteroatoms. The largest absolute Gasteiger partial charge is 0.394 e. The van der Waals surface area contributed by atoms with Crippen LogP contribution in [0.15, 0.2) is 0 Å². The summed E-state index contributed by atoms with van der Waals surface area (Å²) in [6.07, 6.45) is 0.284. The number of hydrogen-bond acceptors (Lipinski definition) is 4. The number of aliphatic hydroxyl groups excluding tert-OH is 1. The molecule has 0 radical (unpaired) electrons. The summed E-state index contributed by atoms with van der Waals surface area (Å²) < 4.78 is 5.27. The maximum Gasteiger partial charge on any atom is 0.228 e. The Labute approximate surface area is 113 Å². The number of aliphatic hydroxyl groups is 1. The van der Waals surface area contributed by atoms with Crippen molar-refractivity contribution >= 4 is 11.8 Å². The molecule has 1 N–H and O–H groups in total. The fraction of sp³-hybridized carbons (Fsp3) is 0.846. The van der Waals surface area contributed by atoms with E-state index in [4.69, 9.17) is 4.74 Å². The molecule has 0 aromatic rings. The number of likely N-dealkylation sites (tertiary alicyclic amines) is 1. The van der Waals surface area contributed by atoms with Crippen LogP contribution in [0, 0.1) is 5.92 Å². The first-order valence-electron chi connectivity index (χ1n) is 6.83. The summed E-state index contributed by atoms with van der Waals surface area (Å²) in [6, 6.07) is -0.145. The number of carbonyl (C=O) groups excluding carboxylic acids is 2. The summed E-state index contributed by atoms with van der Waals surface area (Å²) in [5, 5.41) is 9.29. The number of hydrogen-bond donors (Lipinski definition) is 1. The van der Waals surface area contributed by atoms with Crippen LogP contribution in [0.2, 0.25) is 0 Å². The number of morpholine rings is 1. The highest BCUT2D eigenvalue weighted by Gasteiger charge is 2.39. The highest BCUT2D eigenvalue weighted by molar-refractivity contribution is 5.89. The van der Waals surface area contributed by atoms with E-state index >= 15 is 0 Å². The van der Waals surface area contributed by atoms with Gasteiger partial charge < -0.3 is 19.6 Å². The molecule has 0 saturated carbocycles. The molecular formula is C13H22N2O4. The maximum absolute atomic E-state index is 12.5. The average Bonchev–Trinajstić information content (AvgIpc) is 2.80. The number of amides is 2. The van der Waals surface area contributed by atoms with Gasteiger partial charge >= 0.3 is 0 Å². The Kier molecular flexibility index (Phi) is 4.42. The first-order valence-corrected chi connectivity index (χ1v) is 6.83. The van der Waals surface area contributed by atoms with Crippen molar-refractivity contribution in [2.45, 2.75) is 32.4 Å². The third-order valence-corrected chi connectivity index (χ3v) is 3.85. The monoisotopic (exact) mass is 270 g/mol. The average molecular weight is 270 g/mol. The van der Waals surface area contributed by atoms with Gasteiger partial charge in [-0.25, -0.2) is 0 Å². The Bertz CT molecular complexity index is 359. The van der Waals surface area contributed by atoms with Crippen LogP contribution in [-0.2, 0) is 14.3 Å². The molecule has 2 rings (SSSR count). The van der Waals surface area contributed by atoms with Crippen LogP contribution in [0.5, 0.6) is 0 Å². The fourth-order valence-corrected chi connectivity index (χ4v) is 2.73. The van der Waals surface area contributed by atoms with Crippen molar-refractivity contribution in [1.29, 1.82) is 0 Å². The van der Waals surface area contributed by atoms with Gasteiger partial charge in [0.25, 0.3) is 0 Å². The Morgan fingerprint density at radius 3 is 2.84 bits per heavy atom. The highest BCUT2D eigenvalue weighted by atomic mass is 16.5. The van der Waals surface area contributed by atoms with Gasteiger partial charge in [0.15, 0.2) is 0 Å². The molecule has 2 saturated heterocycles. The topological polar surface area (TPSA) is 70.1 Å². The molecule has 2 aliphatic heterocycles. The fourth-order valence-electron chi connectivity index (χ4n) is 2.73. The van der Waals surface area contributed by atoms with Gasteiger partial charge in [-0.3, -0.25) is 9.59 Å². The molecule has 108 valence electrons. The molecule has 2 fully saturated rings. The van der Waals surface area contributed by atoms with Crippen LogP contribution < -0.4 is 0 Å². The molecular weight excluding hydrogens is 248 g/mol. The lowest BCUT2D eigenvalue weighted by molar-refractivity contribution is -0.145. The van der Waals surface area contributed by atoms with Crippen LogP contribution in [0.4, 0.5) is 0 Å². The third kappa shape index (κ3) is 2.90. The van der Waals surface area contributed by atoms with Gasteiger partial charge in [0.2, 0.25) is 11.8 Å². The first kappa shape index (κ1) is 14.3. The quantitative estimate of drug-likeness (QED) is 0.748. The minimum Gasteiger partial charge on any atom is -0.394 e. The summed E-state index contributed by atoms with van der Waals surface area (Å²) in [5.74, 6) is -0.261. The second kappa shape index (κ2) is 5.88. The lowest BCUT2D eigenvalue weighted by atomic mass is 10.1. The maximum atomic E-state index is 12.5. The molecule has 2 heterocycles. The van der Waals surface area contributed by atoms with Crippen molar-refractivity contribution in [2.75, 3.05) is 32.9 Å². The van der Waals surface area contributed by atoms with Gasteiger partial charge in [-0.2, -0.15) is 0 Å². The van der Waals surface area contributed by atoms with E-state index in [0.717, 1.165) is 0 Å². The van der Waals surface area contributed by atoms with E-state index in [1.165, 1.54) is 0 Å². The zero-order valence-electron chi connectivity index (χ0n) is 11.5. The smallest absolute Gasteiger partial charge is 0.228 e. The minimum atomic E-state index is -0.276. The molecule has 2 unspecified atom stereocenters. The van der Waals surface area contributed by atoms with E-state index < -0.39 is 0 Å². The van der Waals surface area contributed by atoms with Crippen molar-refractivity contribution in [2.24, 2.45) is 5.92 Å². The van der Waals surface area contributed by atoms with E-state index in [1.54, 1.807) is 9.80 Å². The van der Waals surface area contributed by atoms with Crippen LogP contribution in [-0.4, -0.2) is 71.7 Å². The first-order chi connectivity index (χ1) is 9.04. The van der Waals surface area contributed by atoms with Crippen molar-refractivity contribution in [3.63, 3.8) is 0 Å². The standard InChI is InChI=1S/C13H22N2O4/c1-9(2)15-6-10(5-12(15)17)13(18)14-3-4-19-8-11(14)7-16/h9-11,16H,3-8H2,1-2H3. The van der Waals surface area contributed by atoms with Crippen molar-refractivity contribution < 1.29 is 19.4 Å². The van der Waals surface area contributed by atoms with Gasteiger partial charge in [-0.15, -0.1) is 0 Å².